The Morgan fingerprint density at radius 3 is 2.67 bits per heavy atom. The first-order valence-electron chi connectivity index (χ1n) is 8.24. The van der Waals surface area contributed by atoms with Crippen LogP contribution in [0.15, 0.2) is 42.5 Å². The molecule has 2 aromatic carbocycles. The molecule has 2 aliphatic rings. The average Bonchev–Trinajstić information content (AvgIpc) is 3.02. The van der Waals surface area contributed by atoms with Gasteiger partial charge in [0, 0.05) is 17.8 Å². The van der Waals surface area contributed by atoms with E-state index in [4.69, 9.17) is 9.47 Å². The van der Waals surface area contributed by atoms with Crippen molar-refractivity contribution in [2.75, 3.05) is 25.1 Å². The van der Waals surface area contributed by atoms with Crippen LogP contribution in [0.1, 0.15) is 18.1 Å². The van der Waals surface area contributed by atoms with E-state index >= 15 is 0 Å². The van der Waals surface area contributed by atoms with E-state index in [2.05, 4.69) is 41.8 Å². The SMILES string of the molecule is CCNCc1ccccc1.O=C1Cc2c(ccc3c2OCCO3)N1. The summed E-state index contributed by atoms with van der Waals surface area (Å²) in [6.45, 7) is 5.26. The lowest BCUT2D eigenvalue weighted by atomic mass is 10.1. The van der Waals surface area contributed by atoms with Crippen LogP contribution >= 0.6 is 0 Å². The normalized spacial score (nSPS) is 14.3. The number of fused-ring (bicyclic) bond motifs is 3. The zero-order chi connectivity index (χ0) is 16.8. The summed E-state index contributed by atoms with van der Waals surface area (Å²) in [6, 6.07) is 14.1. The number of rotatable bonds is 3. The average molecular weight is 326 g/mol. The highest BCUT2D eigenvalue weighted by atomic mass is 16.6. The Bertz CT molecular complexity index is 701. The fraction of sp³-hybridized carbons (Fsp3) is 0.316. The molecule has 24 heavy (non-hydrogen) atoms. The van der Waals surface area contributed by atoms with Crippen LogP contribution in [-0.4, -0.2) is 25.7 Å². The van der Waals surface area contributed by atoms with E-state index in [9.17, 15) is 4.79 Å². The molecule has 0 aromatic heterocycles. The van der Waals surface area contributed by atoms with E-state index in [1.165, 1.54) is 5.56 Å². The van der Waals surface area contributed by atoms with Crippen LogP contribution in [0.3, 0.4) is 0 Å². The first-order chi connectivity index (χ1) is 11.8. The van der Waals surface area contributed by atoms with Crippen LogP contribution in [0.2, 0.25) is 0 Å². The van der Waals surface area contributed by atoms with Crippen LogP contribution in [0, 0.1) is 0 Å². The van der Waals surface area contributed by atoms with Gasteiger partial charge < -0.3 is 20.1 Å². The second-order valence-electron chi connectivity index (χ2n) is 5.61. The highest BCUT2D eigenvalue weighted by Gasteiger charge is 2.26. The minimum Gasteiger partial charge on any atom is -0.486 e. The Morgan fingerprint density at radius 1 is 1.08 bits per heavy atom. The summed E-state index contributed by atoms with van der Waals surface area (Å²) in [4.78, 5) is 11.2. The Hall–Kier alpha value is -2.53. The second kappa shape index (κ2) is 7.84. The minimum absolute atomic E-state index is 0.0163. The number of carbonyl (C=O) groups is 1. The Labute approximate surface area is 142 Å². The van der Waals surface area contributed by atoms with Crippen molar-refractivity contribution in [2.24, 2.45) is 0 Å². The van der Waals surface area contributed by atoms with Crippen LogP contribution in [0.4, 0.5) is 5.69 Å². The van der Waals surface area contributed by atoms with Crippen LogP contribution in [0.25, 0.3) is 0 Å². The van der Waals surface area contributed by atoms with E-state index < -0.39 is 0 Å². The van der Waals surface area contributed by atoms with Gasteiger partial charge >= 0.3 is 0 Å². The van der Waals surface area contributed by atoms with Crippen molar-refractivity contribution >= 4 is 11.6 Å². The monoisotopic (exact) mass is 326 g/mol. The van der Waals surface area contributed by atoms with Gasteiger partial charge in [0.25, 0.3) is 0 Å². The van der Waals surface area contributed by atoms with Crippen molar-refractivity contribution in [1.29, 1.82) is 0 Å². The molecule has 0 saturated carbocycles. The molecule has 2 N–H and O–H groups in total. The number of hydrogen-bond acceptors (Lipinski definition) is 4. The van der Waals surface area contributed by atoms with Gasteiger partial charge in [0.1, 0.15) is 13.2 Å². The molecule has 0 saturated heterocycles. The van der Waals surface area contributed by atoms with Crippen molar-refractivity contribution in [1.82, 2.24) is 5.32 Å². The zero-order valence-electron chi connectivity index (χ0n) is 13.8. The molecule has 0 spiro atoms. The molecule has 5 heteroatoms. The molecule has 4 rings (SSSR count). The van der Waals surface area contributed by atoms with Crippen LogP contribution in [-0.2, 0) is 17.8 Å². The van der Waals surface area contributed by atoms with Crippen molar-refractivity contribution in [2.45, 2.75) is 19.9 Å². The molecular formula is C19H22N2O3. The summed E-state index contributed by atoms with van der Waals surface area (Å²) in [5.74, 6) is 1.49. The lowest BCUT2D eigenvalue weighted by molar-refractivity contribution is -0.115. The van der Waals surface area contributed by atoms with Crippen molar-refractivity contribution < 1.29 is 14.3 Å². The molecule has 0 radical (unpaired) electrons. The second-order valence-corrected chi connectivity index (χ2v) is 5.61. The Kier molecular flexibility index (Phi) is 5.33. The molecule has 5 nitrogen and oxygen atoms in total. The summed E-state index contributed by atoms with van der Waals surface area (Å²) in [7, 11) is 0. The molecule has 2 aliphatic heterocycles. The predicted octanol–water partition coefficient (Wildman–Crippen LogP) is 2.75. The van der Waals surface area contributed by atoms with Gasteiger partial charge in [0.15, 0.2) is 11.5 Å². The lowest BCUT2D eigenvalue weighted by Gasteiger charge is -2.20. The predicted molar refractivity (Wildman–Crippen MR) is 93.6 cm³/mol. The van der Waals surface area contributed by atoms with Gasteiger partial charge in [-0.3, -0.25) is 4.79 Å². The van der Waals surface area contributed by atoms with E-state index in [0.29, 0.717) is 19.6 Å². The molecule has 126 valence electrons. The third-order valence-electron chi connectivity index (χ3n) is 3.85. The molecule has 1 amide bonds. The highest BCUT2D eigenvalue weighted by Crippen LogP contribution is 2.40. The molecule has 0 aliphatic carbocycles. The first kappa shape index (κ1) is 16.3. The van der Waals surface area contributed by atoms with Crippen molar-refractivity contribution in [3.05, 3.63) is 53.6 Å². The van der Waals surface area contributed by atoms with E-state index in [-0.39, 0.29) is 5.91 Å². The zero-order valence-corrected chi connectivity index (χ0v) is 13.8. The quantitative estimate of drug-likeness (QED) is 0.910. The summed E-state index contributed by atoms with van der Waals surface area (Å²) >= 11 is 0. The van der Waals surface area contributed by atoms with Gasteiger partial charge in [0.05, 0.1) is 6.42 Å². The third-order valence-corrected chi connectivity index (χ3v) is 3.85. The molecule has 0 bridgehead atoms. The Morgan fingerprint density at radius 2 is 1.88 bits per heavy atom. The summed E-state index contributed by atoms with van der Waals surface area (Å²) in [6.07, 6.45) is 0.391. The van der Waals surface area contributed by atoms with Crippen LogP contribution < -0.4 is 20.1 Å². The maximum absolute atomic E-state index is 11.2. The maximum Gasteiger partial charge on any atom is 0.229 e. The van der Waals surface area contributed by atoms with Crippen LogP contribution in [0.5, 0.6) is 11.5 Å². The standard InChI is InChI=1S/C10H9NO3.C9H13N/c12-9-5-6-7(11-9)1-2-8-10(6)14-4-3-13-8;1-2-10-8-9-6-4-3-5-7-9/h1-2H,3-5H2,(H,11,12);3-7,10H,2,8H2,1H3. The van der Waals surface area contributed by atoms with Gasteiger partial charge in [-0.1, -0.05) is 37.3 Å². The largest absolute Gasteiger partial charge is 0.486 e. The van der Waals surface area contributed by atoms with E-state index in [1.54, 1.807) is 0 Å². The smallest absolute Gasteiger partial charge is 0.229 e. The lowest BCUT2D eigenvalue weighted by Crippen LogP contribution is -2.16. The van der Waals surface area contributed by atoms with Gasteiger partial charge in [-0.15, -0.1) is 0 Å². The van der Waals surface area contributed by atoms with Crippen molar-refractivity contribution in [3.63, 3.8) is 0 Å². The van der Waals surface area contributed by atoms with E-state index in [1.807, 2.05) is 18.2 Å². The summed E-state index contributed by atoms with van der Waals surface area (Å²) in [5, 5.41) is 6.04. The highest BCUT2D eigenvalue weighted by molar-refractivity contribution is 6.00. The summed E-state index contributed by atoms with van der Waals surface area (Å²) < 4.78 is 10.9. The number of carbonyl (C=O) groups excluding carboxylic acids is 1. The maximum atomic E-state index is 11.2. The number of ether oxygens (including phenoxy) is 2. The number of hydrogen-bond donors (Lipinski definition) is 2. The fourth-order valence-corrected chi connectivity index (χ4v) is 2.69. The number of amides is 1. The fourth-order valence-electron chi connectivity index (χ4n) is 2.69. The molecule has 0 fully saturated rings. The van der Waals surface area contributed by atoms with E-state index in [0.717, 1.165) is 35.8 Å². The minimum atomic E-state index is 0.0163. The first-order valence-corrected chi connectivity index (χ1v) is 8.24. The molecule has 2 heterocycles. The molecule has 2 aromatic rings. The molecule has 0 atom stereocenters. The van der Waals surface area contributed by atoms with Gasteiger partial charge in [-0.2, -0.15) is 0 Å². The number of benzene rings is 2. The molecular weight excluding hydrogens is 304 g/mol. The topological polar surface area (TPSA) is 59.6 Å². The molecule has 0 unspecified atom stereocenters. The Balaban J connectivity index is 0.000000150. The number of anilines is 1. The summed E-state index contributed by atoms with van der Waals surface area (Å²) in [5.41, 5.74) is 3.12. The number of nitrogens with one attached hydrogen (secondary N) is 2. The van der Waals surface area contributed by atoms with Gasteiger partial charge in [-0.25, -0.2) is 0 Å². The van der Waals surface area contributed by atoms with Gasteiger partial charge in [-0.05, 0) is 24.2 Å². The van der Waals surface area contributed by atoms with Crippen molar-refractivity contribution in [3.8, 4) is 11.5 Å². The third kappa shape index (κ3) is 3.86. The van der Waals surface area contributed by atoms with Gasteiger partial charge in [0.2, 0.25) is 5.91 Å².